The maximum atomic E-state index is 11.5. The van der Waals surface area contributed by atoms with Gasteiger partial charge in [0.25, 0.3) is 0 Å². The summed E-state index contributed by atoms with van der Waals surface area (Å²) in [7, 11) is 1.39. The number of hydrogen-bond donors (Lipinski definition) is 0. The highest BCUT2D eigenvalue weighted by Gasteiger charge is 2.35. The van der Waals surface area contributed by atoms with E-state index in [-0.39, 0.29) is 5.97 Å². The smallest absolute Gasteiger partial charge is 0.313 e. The SMILES string of the molecule is CCC(CC)(CN=C=S)C(=O)OC. The number of thiocarbonyl (C=S) groups is 1. The molecule has 0 amide bonds. The monoisotopic (exact) mass is 201 g/mol. The van der Waals surface area contributed by atoms with Gasteiger partial charge in [-0.25, -0.2) is 4.99 Å². The zero-order valence-electron chi connectivity index (χ0n) is 8.29. The molecule has 0 aliphatic heterocycles. The fraction of sp³-hybridized carbons (Fsp3) is 0.778. The van der Waals surface area contributed by atoms with Crippen LogP contribution < -0.4 is 0 Å². The second-order valence-corrected chi connectivity index (χ2v) is 3.07. The largest absolute Gasteiger partial charge is 0.469 e. The van der Waals surface area contributed by atoms with Crippen LogP contribution in [-0.2, 0) is 9.53 Å². The van der Waals surface area contributed by atoms with E-state index >= 15 is 0 Å². The van der Waals surface area contributed by atoms with Gasteiger partial charge in [-0.15, -0.1) is 0 Å². The summed E-state index contributed by atoms with van der Waals surface area (Å²) in [5, 5.41) is 2.27. The predicted molar refractivity (Wildman–Crippen MR) is 54.9 cm³/mol. The van der Waals surface area contributed by atoms with Gasteiger partial charge in [0.1, 0.15) is 0 Å². The lowest BCUT2D eigenvalue weighted by Gasteiger charge is -2.25. The van der Waals surface area contributed by atoms with Crippen LogP contribution in [0.25, 0.3) is 0 Å². The zero-order valence-corrected chi connectivity index (χ0v) is 9.11. The first-order valence-electron chi connectivity index (χ1n) is 4.29. The Morgan fingerprint density at radius 1 is 1.54 bits per heavy atom. The molecule has 0 aliphatic carbocycles. The topological polar surface area (TPSA) is 38.7 Å². The minimum absolute atomic E-state index is 0.216. The summed E-state index contributed by atoms with van der Waals surface area (Å²) >= 11 is 4.47. The zero-order chi connectivity index (χ0) is 10.3. The van der Waals surface area contributed by atoms with E-state index in [0.717, 1.165) is 0 Å². The molecule has 0 unspecified atom stereocenters. The van der Waals surface area contributed by atoms with Gasteiger partial charge in [-0.3, -0.25) is 4.79 Å². The van der Waals surface area contributed by atoms with Crippen molar-refractivity contribution in [2.45, 2.75) is 26.7 Å². The highest BCUT2D eigenvalue weighted by Crippen LogP contribution is 2.28. The number of carbonyl (C=O) groups is 1. The minimum Gasteiger partial charge on any atom is -0.469 e. The number of methoxy groups -OCH3 is 1. The van der Waals surface area contributed by atoms with Gasteiger partial charge in [0.2, 0.25) is 0 Å². The Hall–Kier alpha value is -0.730. The van der Waals surface area contributed by atoms with Crippen LogP contribution in [0.3, 0.4) is 0 Å². The number of nitrogens with zero attached hydrogens (tertiary/aromatic N) is 1. The van der Waals surface area contributed by atoms with Gasteiger partial charge >= 0.3 is 5.97 Å². The summed E-state index contributed by atoms with van der Waals surface area (Å²) in [5.74, 6) is -0.216. The van der Waals surface area contributed by atoms with Crippen molar-refractivity contribution in [1.29, 1.82) is 0 Å². The first-order valence-corrected chi connectivity index (χ1v) is 4.69. The standard InChI is InChI=1S/C9H15NO2S/c1-4-9(5-2,6-10-7-13)8(11)12-3/h4-6H2,1-3H3. The molecule has 13 heavy (non-hydrogen) atoms. The maximum absolute atomic E-state index is 11.5. The van der Waals surface area contributed by atoms with Crippen molar-refractivity contribution in [1.82, 2.24) is 0 Å². The molecule has 0 aromatic rings. The molecule has 0 fully saturated rings. The van der Waals surface area contributed by atoms with E-state index < -0.39 is 5.41 Å². The summed E-state index contributed by atoms with van der Waals surface area (Å²) in [6, 6.07) is 0. The molecular weight excluding hydrogens is 186 g/mol. The molecule has 0 atom stereocenters. The second-order valence-electron chi connectivity index (χ2n) is 2.89. The molecule has 0 rings (SSSR count). The summed E-state index contributed by atoms with van der Waals surface area (Å²) < 4.78 is 4.73. The molecule has 0 saturated heterocycles. The summed E-state index contributed by atoms with van der Waals surface area (Å²) in [5.41, 5.74) is -0.513. The molecule has 4 heteroatoms. The van der Waals surface area contributed by atoms with Crippen LogP contribution in [0.4, 0.5) is 0 Å². The van der Waals surface area contributed by atoms with E-state index in [1.54, 1.807) is 0 Å². The molecule has 0 bridgehead atoms. The lowest BCUT2D eigenvalue weighted by molar-refractivity contribution is -0.152. The lowest BCUT2D eigenvalue weighted by atomic mass is 9.82. The third-order valence-corrected chi connectivity index (χ3v) is 2.55. The average molecular weight is 201 g/mol. The quantitative estimate of drug-likeness (QED) is 0.388. The van der Waals surface area contributed by atoms with E-state index in [0.29, 0.717) is 19.4 Å². The number of isothiocyanates is 1. The fourth-order valence-corrected chi connectivity index (χ4v) is 1.29. The van der Waals surface area contributed by atoms with E-state index in [1.165, 1.54) is 7.11 Å². The number of ether oxygens (including phenoxy) is 1. The molecule has 0 aromatic carbocycles. The van der Waals surface area contributed by atoms with E-state index in [1.807, 2.05) is 13.8 Å². The Bertz CT molecular complexity index is 218. The number of esters is 1. The Morgan fingerprint density at radius 3 is 2.38 bits per heavy atom. The molecular formula is C9H15NO2S. The molecule has 0 radical (unpaired) electrons. The van der Waals surface area contributed by atoms with Gasteiger partial charge in [0.15, 0.2) is 0 Å². The van der Waals surface area contributed by atoms with Gasteiger partial charge < -0.3 is 4.74 Å². The lowest BCUT2D eigenvalue weighted by Crippen LogP contribution is -2.34. The molecule has 0 saturated carbocycles. The van der Waals surface area contributed by atoms with Gasteiger partial charge in [-0.2, -0.15) is 0 Å². The molecule has 0 spiro atoms. The van der Waals surface area contributed by atoms with Gasteiger partial charge in [-0.05, 0) is 25.1 Å². The number of hydrogen-bond acceptors (Lipinski definition) is 4. The Morgan fingerprint density at radius 2 is 2.08 bits per heavy atom. The predicted octanol–water partition coefficient (Wildman–Crippen LogP) is 2.07. The third-order valence-electron chi connectivity index (χ3n) is 2.42. The Balaban J connectivity index is 4.67. The number of rotatable bonds is 5. The molecule has 0 N–H and O–H groups in total. The van der Waals surface area contributed by atoms with Crippen LogP contribution in [0.5, 0.6) is 0 Å². The van der Waals surface area contributed by atoms with Gasteiger partial charge in [-0.1, -0.05) is 13.8 Å². The van der Waals surface area contributed by atoms with Crippen LogP contribution in [-0.4, -0.2) is 24.8 Å². The first-order chi connectivity index (χ1) is 6.16. The first kappa shape index (κ1) is 12.3. The van der Waals surface area contributed by atoms with Gasteiger partial charge in [0.05, 0.1) is 24.2 Å². The van der Waals surface area contributed by atoms with Crippen LogP contribution >= 0.6 is 12.2 Å². The van der Waals surface area contributed by atoms with Crippen molar-refractivity contribution in [2.75, 3.05) is 13.7 Å². The van der Waals surface area contributed by atoms with Gasteiger partial charge in [0, 0.05) is 0 Å². The molecule has 74 valence electrons. The maximum Gasteiger partial charge on any atom is 0.313 e. The second kappa shape index (κ2) is 5.84. The molecule has 0 aliphatic rings. The Kier molecular flexibility index (Phi) is 5.51. The molecule has 0 aromatic heterocycles. The van der Waals surface area contributed by atoms with Crippen molar-refractivity contribution in [3.05, 3.63) is 0 Å². The van der Waals surface area contributed by atoms with E-state index in [2.05, 4.69) is 22.4 Å². The van der Waals surface area contributed by atoms with Crippen LogP contribution in [0.2, 0.25) is 0 Å². The van der Waals surface area contributed by atoms with Crippen molar-refractivity contribution in [3.8, 4) is 0 Å². The highest BCUT2D eigenvalue weighted by molar-refractivity contribution is 7.78. The summed E-state index contributed by atoms with van der Waals surface area (Å²) in [4.78, 5) is 15.3. The van der Waals surface area contributed by atoms with E-state index in [9.17, 15) is 4.79 Å². The van der Waals surface area contributed by atoms with E-state index in [4.69, 9.17) is 4.74 Å². The number of aliphatic imine (C=N–C) groups is 1. The molecule has 3 nitrogen and oxygen atoms in total. The van der Waals surface area contributed by atoms with Crippen molar-refractivity contribution >= 4 is 23.3 Å². The third kappa shape index (κ3) is 2.90. The van der Waals surface area contributed by atoms with Crippen molar-refractivity contribution in [2.24, 2.45) is 10.4 Å². The van der Waals surface area contributed by atoms with Crippen LogP contribution in [0, 0.1) is 5.41 Å². The summed E-state index contributed by atoms with van der Waals surface area (Å²) in [6.45, 7) is 4.26. The van der Waals surface area contributed by atoms with Crippen LogP contribution in [0.1, 0.15) is 26.7 Å². The average Bonchev–Trinajstić information content (AvgIpc) is 2.19. The summed E-state index contributed by atoms with van der Waals surface area (Å²) in [6.07, 6.45) is 1.41. The van der Waals surface area contributed by atoms with Crippen molar-refractivity contribution < 1.29 is 9.53 Å². The number of carbonyl (C=O) groups excluding carboxylic acids is 1. The Labute approximate surface area is 84.2 Å². The fourth-order valence-electron chi connectivity index (χ4n) is 1.23. The minimum atomic E-state index is -0.513. The molecule has 0 heterocycles. The highest BCUT2D eigenvalue weighted by atomic mass is 32.1. The van der Waals surface area contributed by atoms with Crippen LogP contribution in [0.15, 0.2) is 4.99 Å². The normalized spacial score (nSPS) is 10.4. The van der Waals surface area contributed by atoms with Crippen molar-refractivity contribution in [3.63, 3.8) is 0 Å².